The van der Waals surface area contributed by atoms with E-state index in [1.165, 1.54) is 5.56 Å². The Bertz CT molecular complexity index is 1000. The minimum Gasteiger partial charge on any atom is -0.454 e. The van der Waals surface area contributed by atoms with Gasteiger partial charge in [0.05, 0.1) is 19.3 Å². The van der Waals surface area contributed by atoms with Crippen molar-refractivity contribution in [2.75, 3.05) is 27.2 Å². The van der Waals surface area contributed by atoms with E-state index >= 15 is 0 Å². The maximum atomic E-state index is 5.59. The van der Waals surface area contributed by atoms with Crippen LogP contribution in [-0.2, 0) is 6.42 Å². The second-order valence-corrected chi connectivity index (χ2v) is 6.40. The van der Waals surface area contributed by atoms with E-state index in [2.05, 4.69) is 24.5 Å². The molecule has 0 spiro atoms. The molecule has 2 N–H and O–H groups in total. The molecule has 6 heteroatoms. The minimum absolute atomic E-state index is 0.260. The molecule has 0 amide bonds. The molecule has 2 aliphatic heterocycles. The van der Waals surface area contributed by atoms with Gasteiger partial charge in [0.1, 0.15) is 0 Å². The van der Waals surface area contributed by atoms with Gasteiger partial charge in [-0.2, -0.15) is 0 Å². The molecule has 0 fully saturated rings. The van der Waals surface area contributed by atoms with Gasteiger partial charge in [-0.1, -0.05) is 6.07 Å². The second-order valence-electron chi connectivity index (χ2n) is 6.40. The Morgan fingerprint density at radius 1 is 0.962 bits per heavy atom. The van der Waals surface area contributed by atoms with Crippen molar-refractivity contribution >= 4 is 10.8 Å². The number of likely N-dealkylation sites (N-methyl/N-ethyl adjacent to an activating group) is 1. The number of hydrogen-bond donors (Lipinski definition) is 1. The standard InChI is InChI=1S/C20H18N2O4/c1-21-5-4-13-7-18-19(25-10-24-18)8-14(13)16-6-12-2-3-17-20(26-11-23-17)15(12)9-22-16/h2-3,6-9,21H,4-5,10-11H2,1H3/p+1. The molecule has 2 aromatic carbocycles. The molecule has 0 atom stereocenters. The smallest absolute Gasteiger partial charge is 0.231 e. The second kappa shape index (κ2) is 6.07. The molecule has 1 aromatic heterocycles. The molecule has 0 saturated carbocycles. The highest BCUT2D eigenvalue weighted by Crippen LogP contribution is 2.42. The largest absolute Gasteiger partial charge is 0.454 e. The number of aromatic nitrogens is 1. The molecule has 6 nitrogen and oxygen atoms in total. The van der Waals surface area contributed by atoms with Crippen LogP contribution in [-0.4, -0.2) is 32.2 Å². The highest BCUT2D eigenvalue weighted by molar-refractivity contribution is 5.93. The minimum atomic E-state index is 0.260. The topological polar surface area (TPSA) is 66.4 Å². The lowest BCUT2D eigenvalue weighted by Crippen LogP contribution is -2.80. The predicted octanol–water partition coefficient (Wildman–Crippen LogP) is 2.09. The number of quaternary nitrogens is 1. The number of ether oxygens (including phenoxy) is 4. The molecule has 0 unspecified atom stereocenters. The Morgan fingerprint density at radius 2 is 1.77 bits per heavy atom. The van der Waals surface area contributed by atoms with E-state index in [4.69, 9.17) is 23.9 Å². The van der Waals surface area contributed by atoms with Crippen molar-refractivity contribution in [3.05, 3.63) is 42.1 Å². The van der Waals surface area contributed by atoms with Crippen molar-refractivity contribution in [2.45, 2.75) is 6.42 Å². The fraction of sp³-hybridized carbons (Fsp3) is 0.250. The third-order valence-electron chi connectivity index (χ3n) is 4.81. The lowest BCUT2D eigenvalue weighted by atomic mass is 9.98. The summed E-state index contributed by atoms with van der Waals surface area (Å²) < 4.78 is 22.2. The summed E-state index contributed by atoms with van der Waals surface area (Å²) in [6.45, 7) is 1.53. The van der Waals surface area contributed by atoms with Crippen molar-refractivity contribution in [2.24, 2.45) is 0 Å². The summed E-state index contributed by atoms with van der Waals surface area (Å²) >= 11 is 0. The quantitative estimate of drug-likeness (QED) is 0.780. The van der Waals surface area contributed by atoms with Gasteiger partial charge in [-0.3, -0.25) is 4.98 Å². The average Bonchev–Trinajstić information content (AvgIpc) is 3.33. The molecule has 0 radical (unpaired) electrons. The molecule has 2 aliphatic rings. The summed E-state index contributed by atoms with van der Waals surface area (Å²) in [4.78, 5) is 4.71. The highest BCUT2D eigenvalue weighted by atomic mass is 16.7. The van der Waals surface area contributed by atoms with E-state index in [1.54, 1.807) is 0 Å². The summed E-state index contributed by atoms with van der Waals surface area (Å²) in [5.41, 5.74) is 3.20. The van der Waals surface area contributed by atoms with Gasteiger partial charge >= 0.3 is 0 Å². The van der Waals surface area contributed by atoms with E-state index < -0.39 is 0 Å². The monoisotopic (exact) mass is 351 g/mol. The third kappa shape index (κ3) is 2.42. The summed E-state index contributed by atoms with van der Waals surface area (Å²) in [7, 11) is 2.07. The Hall–Kier alpha value is -2.99. The number of nitrogens with two attached hydrogens (primary N) is 1. The van der Waals surface area contributed by atoms with Gasteiger partial charge in [0, 0.05) is 23.6 Å². The van der Waals surface area contributed by atoms with Crippen LogP contribution < -0.4 is 24.3 Å². The zero-order valence-corrected chi connectivity index (χ0v) is 14.5. The highest BCUT2D eigenvalue weighted by Gasteiger charge is 2.21. The number of rotatable bonds is 4. The Labute approximate surface area is 150 Å². The van der Waals surface area contributed by atoms with Gasteiger partial charge in [-0.05, 0) is 35.2 Å². The fourth-order valence-electron chi connectivity index (χ4n) is 3.46. The zero-order valence-electron chi connectivity index (χ0n) is 14.5. The van der Waals surface area contributed by atoms with Gasteiger partial charge in [0.25, 0.3) is 0 Å². The molecule has 26 heavy (non-hydrogen) atoms. The van der Waals surface area contributed by atoms with Crippen LogP contribution in [0.5, 0.6) is 23.0 Å². The van der Waals surface area contributed by atoms with E-state index in [1.807, 2.05) is 24.4 Å². The Balaban J connectivity index is 1.64. The van der Waals surface area contributed by atoms with E-state index in [-0.39, 0.29) is 13.6 Å². The van der Waals surface area contributed by atoms with Gasteiger partial charge < -0.3 is 24.3 Å². The van der Waals surface area contributed by atoms with Crippen LogP contribution in [0.4, 0.5) is 0 Å². The maximum Gasteiger partial charge on any atom is 0.231 e. The van der Waals surface area contributed by atoms with E-state index in [9.17, 15) is 0 Å². The molecule has 132 valence electrons. The molecular formula is C20H19N2O4+. The maximum absolute atomic E-state index is 5.59. The number of nitrogens with zero attached hydrogens (tertiary/aromatic N) is 1. The number of hydrogen-bond acceptors (Lipinski definition) is 5. The third-order valence-corrected chi connectivity index (χ3v) is 4.81. The van der Waals surface area contributed by atoms with Crippen LogP contribution in [0.15, 0.2) is 36.5 Å². The predicted molar refractivity (Wildman–Crippen MR) is 95.8 cm³/mol. The van der Waals surface area contributed by atoms with Crippen molar-refractivity contribution in [1.29, 1.82) is 0 Å². The normalized spacial score (nSPS) is 14.2. The van der Waals surface area contributed by atoms with E-state index in [0.717, 1.165) is 58.0 Å². The first-order valence-corrected chi connectivity index (χ1v) is 8.72. The molecule has 0 saturated heterocycles. The van der Waals surface area contributed by atoms with Crippen molar-refractivity contribution in [1.82, 2.24) is 4.98 Å². The van der Waals surface area contributed by atoms with Crippen LogP contribution in [0.3, 0.4) is 0 Å². The SMILES string of the molecule is C[NH2+]CCc1cc2c(cc1-c1cc3ccc4c(c3cn1)OCO4)OCO2. The Kier molecular flexibility index (Phi) is 3.57. The van der Waals surface area contributed by atoms with Gasteiger partial charge in [0.2, 0.25) is 13.6 Å². The molecule has 5 rings (SSSR count). The first-order chi connectivity index (χ1) is 12.8. The summed E-state index contributed by atoms with van der Waals surface area (Å²) in [6.07, 6.45) is 2.79. The van der Waals surface area contributed by atoms with Crippen LogP contribution in [0.1, 0.15) is 5.56 Å². The van der Waals surface area contributed by atoms with Crippen LogP contribution >= 0.6 is 0 Å². The molecule has 0 bridgehead atoms. The molecular weight excluding hydrogens is 332 g/mol. The zero-order chi connectivity index (χ0) is 17.5. The van der Waals surface area contributed by atoms with Crippen molar-refractivity contribution in [3.63, 3.8) is 0 Å². The van der Waals surface area contributed by atoms with Gasteiger partial charge in [-0.15, -0.1) is 0 Å². The summed E-state index contributed by atoms with van der Waals surface area (Å²) in [5.74, 6) is 3.13. The number of benzene rings is 2. The van der Waals surface area contributed by atoms with Crippen LogP contribution in [0.25, 0.3) is 22.0 Å². The lowest BCUT2D eigenvalue weighted by molar-refractivity contribution is -0.626. The van der Waals surface area contributed by atoms with Gasteiger partial charge in [-0.25, -0.2) is 0 Å². The Morgan fingerprint density at radius 3 is 2.65 bits per heavy atom. The first-order valence-electron chi connectivity index (χ1n) is 8.72. The molecule has 0 aliphatic carbocycles. The average molecular weight is 351 g/mol. The number of fused-ring (bicyclic) bond motifs is 4. The summed E-state index contributed by atoms with van der Waals surface area (Å²) in [6, 6.07) is 10.2. The molecule has 3 aromatic rings. The van der Waals surface area contributed by atoms with Gasteiger partial charge in [0.15, 0.2) is 23.0 Å². The van der Waals surface area contributed by atoms with Crippen molar-refractivity contribution < 1.29 is 24.3 Å². The van der Waals surface area contributed by atoms with Crippen LogP contribution in [0, 0.1) is 0 Å². The molecule has 3 heterocycles. The van der Waals surface area contributed by atoms with Crippen molar-refractivity contribution in [3.8, 4) is 34.3 Å². The fourth-order valence-corrected chi connectivity index (χ4v) is 3.46. The van der Waals surface area contributed by atoms with E-state index in [0.29, 0.717) is 0 Å². The summed E-state index contributed by atoms with van der Waals surface area (Å²) in [5, 5.41) is 4.21. The lowest BCUT2D eigenvalue weighted by Gasteiger charge is -2.11. The first kappa shape index (κ1) is 15.3. The van der Waals surface area contributed by atoms with Crippen LogP contribution in [0.2, 0.25) is 0 Å². The number of pyridine rings is 1.